The average molecular weight is 241 g/mol. The highest BCUT2D eigenvalue weighted by Gasteiger charge is 2.46. The van der Waals surface area contributed by atoms with Gasteiger partial charge in [-0.15, -0.1) is 0 Å². The molecule has 0 aromatic rings. The first kappa shape index (κ1) is 12.4. The highest BCUT2D eigenvalue weighted by atomic mass is 16.6. The van der Waals surface area contributed by atoms with Crippen molar-refractivity contribution in [3.8, 4) is 0 Å². The smallest absolute Gasteiger partial charge is 0.303 e. The van der Waals surface area contributed by atoms with Crippen LogP contribution in [0.25, 0.3) is 0 Å². The lowest BCUT2D eigenvalue weighted by molar-refractivity contribution is -0.162. The van der Waals surface area contributed by atoms with E-state index < -0.39 is 0 Å². The van der Waals surface area contributed by atoms with Gasteiger partial charge in [0.1, 0.15) is 0 Å². The van der Waals surface area contributed by atoms with E-state index in [0.29, 0.717) is 6.54 Å². The maximum absolute atomic E-state index is 11.1. The molecule has 2 aliphatic rings. The Bertz CT molecular complexity index is 318. The van der Waals surface area contributed by atoms with Crippen molar-refractivity contribution < 1.29 is 19.1 Å². The quantitative estimate of drug-likeness (QED) is 0.667. The number of fused-ring (bicyclic) bond motifs is 1. The maximum Gasteiger partial charge on any atom is 0.303 e. The Morgan fingerprint density at radius 1 is 1.12 bits per heavy atom. The standard InChI is InChI=1S/C12H19NO4/c1-8(14)16-11-7-13-6-4-3-5-10(13)12(11)17-9(2)15/h10-12H,3-7H2,1-2H3/t10-,11-,12-/m0/s1. The van der Waals surface area contributed by atoms with E-state index in [9.17, 15) is 9.59 Å². The zero-order chi connectivity index (χ0) is 12.4. The number of rotatable bonds is 2. The predicted molar refractivity (Wildman–Crippen MR) is 60.3 cm³/mol. The van der Waals surface area contributed by atoms with Crippen LogP contribution in [0.15, 0.2) is 0 Å². The first-order valence-electron chi connectivity index (χ1n) is 6.16. The molecule has 2 heterocycles. The van der Waals surface area contributed by atoms with E-state index in [1.165, 1.54) is 13.8 Å². The third-order valence-corrected chi connectivity index (χ3v) is 3.44. The summed E-state index contributed by atoms with van der Waals surface area (Å²) in [4.78, 5) is 24.4. The lowest BCUT2D eigenvalue weighted by Gasteiger charge is -2.31. The van der Waals surface area contributed by atoms with Gasteiger partial charge in [0.05, 0.1) is 6.04 Å². The Labute approximate surface area is 101 Å². The van der Waals surface area contributed by atoms with Gasteiger partial charge in [-0.3, -0.25) is 14.5 Å². The van der Waals surface area contributed by atoms with Gasteiger partial charge in [0.15, 0.2) is 12.2 Å². The molecule has 17 heavy (non-hydrogen) atoms. The molecule has 2 rings (SSSR count). The second kappa shape index (κ2) is 5.04. The Morgan fingerprint density at radius 2 is 1.82 bits per heavy atom. The van der Waals surface area contributed by atoms with Gasteiger partial charge in [0.25, 0.3) is 0 Å². The van der Waals surface area contributed by atoms with E-state index in [1.807, 2.05) is 0 Å². The number of piperidine rings is 1. The zero-order valence-electron chi connectivity index (χ0n) is 10.3. The molecule has 96 valence electrons. The number of ether oxygens (including phenoxy) is 2. The van der Waals surface area contributed by atoms with Crippen molar-refractivity contribution in [2.45, 2.75) is 51.4 Å². The molecule has 0 N–H and O–H groups in total. The van der Waals surface area contributed by atoms with Gasteiger partial charge in [-0.2, -0.15) is 0 Å². The van der Waals surface area contributed by atoms with Crippen LogP contribution in [-0.4, -0.2) is 48.2 Å². The molecule has 0 amide bonds. The molecule has 2 fully saturated rings. The van der Waals surface area contributed by atoms with Gasteiger partial charge < -0.3 is 9.47 Å². The summed E-state index contributed by atoms with van der Waals surface area (Å²) in [5.74, 6) is -0.619. The third-order valence-electron chi connectivity index (χ3n) is 3.44. The van der Waals surface area contributed by atoms with Crippen LogP contribution in [0.5, 0.6) is 0 Å². The normalized spacial score (nSPS) is 32.9. The molecule has 0 aliphatic carbocycles. The molecule has 0 saturated carbocycles. The fraction of sp³-hybridized carbons (Fsp3) is 0.833. The number of hydrogen-bond donors (Lipinski definition) is 0. The fourth-order valence-electron chi connectivity index (χ4n) is 2.86. The lowest BCUT2D eigenvalue weighted by atomic mass is 10.00. The Morgan fingerprint density at radius 3 is 2.47 bits per heavy atom. The molecule has 2 saturated heterocycles. The summed E-state index contributed by atoms with van der Waals surface area (Å²) in [6, 6.07) is 0.219. The molecule has 5 nitrogen and oxygen atoms in total. The second-order valence-corrected chi connectivity index (χ2v) is 4.78. The Hall–Kier alpha value is -1.10. The average Bonchev–Trinajstić information content (AvgIpc) is 2.55. The maximum atomic E-state index is 11.1. The summed E-state index contributed by atoms with van der Waals surface area (Å²) in [7, 11) is 0. The van der Waals surface area contributed by atoms with Crippen molar-refractivity contribution in [3.63, 3.8) is 0 Å². The van der Waals surface area contributed by atoms with Crippen LogP contribution in [0.2, 0.25) is 0 Å². The number of hydrogen-bond acceptors (Lipinski definition) is 5. The second-order valence-electron chi connectivity index (χ2n) is 4.78. The lowest BCUT2D eigenvalue weighted by Crippen LogP contribution is -2.41. The fourth-order valence-corrected chi connectivity index (χ4v) is 2.86. The molecule has 2 aliphatic heterocycles. The zero-order valence-corrected chi connectivity index (χ0v) is 10.3. The summed E-state index contributed by atoms with van der Waals surface area (Å²) in [5.41, 5.74) is 0. The number of carbonyl (C=O) groups is 2. The summed E-state index contributed by atoms with van der Waals surface area (Å²) in [6.07, 6.45) is 2.72. The predicted octanol–water partition coefficient (Wildman–Crippen LogP) is 0.718. The molecule has 3 atom stereocenters. The summed E-state index contributed by atoms with van der Waals surface area (Å²) >= 11 is 0. The molecule has 0 spiro atoms. The van der Waals surface area contributed by atoms with Gasteiger partial charge in [-0.1, -0.05) is 6.42 Å². The Balaban J connectivity index is 2.08. The van der Waals surface area contributed by atoms with Crippen molar-refractivity contribution in [2.75, 3.05) is 13.1 Å². The van der Waals surface area contributed by atoms with E-state index in [-0.39, 0.29) is 30.2 Å². The number of esters is 2. The molecular weight excluding hydrogens is 222 g/mol. The molecule has 0 unspecified atom stereocenters. The summed E-state index contributed by atoms with van der Waals surface area (Å²) in [5, 5.41) is 0. The molecule has 0 aromatic heterocycles. The van der Waals surface area contributed by atoms with Crippen molar-refractivity contribution in [3.05, 3.63) is 0 Å². The summed E-state index contributed by atoms with van der Waals surface area (Å²) in [6.45, 7) is 4.47. The molecule has 0 radical (unpaired) electrons. The van der Waals surface area contributed by atoms with Crippen molar-refractivity contribution >= 4 is 11.9 Å². The van der Waals surface area contributed by atoms with Crippen LogP contribution in [0.4, 0.5) is 0 Å². The van der Waals surface area contributed by atoms with Crippen molar-refractivity contribution in [1.29, 1.82) is 0 Å². The molecular formula is C12H19NO4. The monoisotopic (exact) mass is 241 g/mol. The van der Waals surface area contributed by atoms with Crippen LogP contribution < -0.4 is 0 Å². The van der Waals surface area contributed by atoms with Crippen LogP contribution in [0, 0.1) is 0 Å². The van der Waals surface area contributed by atoms with Crippen LogP contribution >= 0.6 is 0 Å². The van der Waals surface area contributed by atoms with E-state index in [2.05, 4.69) is 4.90 Å². The topological polar surface area (TPSA) is 55.8 Å². The molecule has 0 bridgehead atoms. The first-order chi connectivity index (χ1) is 8.08. The van der Waals surface area contributed by atoms with Gasteiger partial charge >= 0.3 is 11.9 Å². The van der Waals surface area contributed by atoms with Gasteiger partial charge in [0.2, 0.25) is 0 Å². The van der Waals surface area contributed by atoms with Gasteiger partial charge in [-0.05, 0) is 19.4 Å². The van der Waals surface area contributed by atoms with Crippen LogP contribution in [-0.2, 0) is 19.1 Å². The van der Waals surface area contributed by atoms with Crippen molar-refractivity contribution in [1.82, 2.24) is 4.90 Å². The largest absolute Gasteiger partial charge is 0.457 e. The molecule has 0 aromatic carbocycles. The molecule has 5 heteroatoms. The first-order valence-corrected chi connectivity index (χ1v) is 6.16. The highest BCUT2D eigenvalue weighted by Crippen LogP contribution is 2.31. The van der Waals surface area contributed by atoms with E-state index in [4.69, 9.17) is 9.47 Å². The van der Waals surface area contributed by atoms with E-state index in [0.717, 1.165) is 25.8 Å². The Kier molecular flexibility index (Phi) is 3.66. The number of nitrogens with zero attached hydrogens (tertiary/aromatic N) is 1. The third kappa shape index (κ3) is 2.77. The SMILES string of the molecule is CC(=O)O[C@@H]1[C@@H](OC(C)=O)CN2CCCC[C@@H]12. The van der Waals surface area contributed by atoms with E-state index in [1.54, 1.807) is 0 Å². The van der Waals surface area contributed by atoms with Gasteiger partial charge in [0, 0.05) is 20.4 Å². The van der Waals surface area contributed by atoms with E-state index >= 15 is 0 Å². The number of carbonyl (C=O) groups excluding carboxylic acids is 2. The highest BCUT2D eigenvalue weighted by molar-refractivity contribution is 5.67. The van der Waals surface area contributed by atoms with Crippen LogP contribution in [0.1, 0.15) is 33.1 Å². The van der Waals surface area contributed by atoms with Gasteiger partial charge in [-0.25, -0.2) is 0 Å². The van der Waals surface area contributed by atoms with Crippen LogP contribution in [0.3, 0.4) is 0 Å². The minimum absolute atomic E-state index is 0.219. The van der Waals surface area contributed by atoms with Crippen molar-refractivity contribution in [2.24, 2.45) is 0 Å². The minimum Gasteiger partial charge on any atom is -0.457 e. The minimum atomic E-state index is -0.313. The summed E-state index contributed by atoms with van der Waals surface area (Å²) < 4.78 is 10.6.